The van der Waals surface area contributed by atoms with Crippen LogP contribution < -0.4 is 10.1 Å². The quantitative estimate of drug-likeness (QED) is 0.499. The van der Waals surface area contributed by atoms with Crippen LogP contribution >= 0.6 is 11.6 Å². The zero-order valence-corrected chi connectivity index (χ0v) is 14.3. The third-order valence-corrected chi connectivity index (χ3v) is 3.58. The van der Waals surface area contributed by atoms with E-state index in [0.717, 1.165) is 5.56 Å². The van der Waals surface area contributed by atoms with Crippen LogP contribution in [0, 0.1) is 30.6 Å². The van der Waals surface area contributed by atoms with Crippen molar-refractivity contribution in [3.8, 4) is 24.2 Å². The summed E-state index contributed by atoms with van der Waals surface area (Å²) in [5.74, 6) is 2.35. The van der Waals surface area contributed by atoms with Crippen molar-refractivity contribution in [2.45, 2.75) is 6.92 Å². The molecule has 0 spiro atoms. The molecule has 5 heteroatoms. The molecule has 0 aromatic heterocycles. The van der Waals surface area contributed by atoms with E-state index in [4.69, 9.17) is 22.8 Å². The number of halogens is 1. The van der Waals surface area contributed by atoms with Crippen LogP contribution in [0.3, 0.4) is 0 Å². The van der Waals surface area contributed by atoms with Crippen LogP contribution in [-0.4, -0.2) is 12.5 Å². The second-order valence-electron chi connectivity index (χ2n) is 5.11. The molecule has 0 radical (unpaired) electrons. The summed E-state index contributed by atoms with van der Waals surface area (Å²) >= 11 is 5.95. The fraction of sp³-hybridized carbons (Fsp3) is 0.100. The summed E-state index contributed by atoms with van der Waals surface area (Å²) in [5.41, 5.74) is 1.92. The van der Waals surface area contributed by atoms with E-state index in [1.54, 1.807) is 42.5 Å². The number of amides is 1. The molecule has 0 unspecified atom stereocenters. The number of carbonyl (C=O) groups is 1. The van der Waals surface area contributed by atoms with Crippen LogP contribution in [0.25, 0.3) is 6.08 Å². The lowest BCUT2D eigenvalue weighted by Gasteiger charge is -2.09. The fourth-order valence-corrected chi connectivity index (χ4v) is 2.25. The maximum Gasteiger partial charge on any atom is 0.266 e. The van der Waals surface area contributed by atoms with Gasteiger partial charge in [0.1, 0.15) is 24.0 Å². The van der Waals surface area contributed by atoms with Gasteiger partial charge in [0.15, 0.2) is 0 Å². The first kappa shape index (κ1) is 18.1. The van der Waals surface area contributed by atoms with Crippen molar-refractivity contribution in [2.24, 2.45) is 0 Å². The van der Waals surface area contributed by atoms with Gasteiger partial charge in [-0.15, -0.1) is 6.42 Å². The molecule has 0 aliphatic rings. The number of nitrogens with zero attached hydrogens (tertiary/aromatic N) is 1. The van der Waals surface area contributed by atoms with E-state index in [1.165, 1.54) is 6.08 Å². The van der Waals surface area contributed by atoms with Crippen LogP contribution in [-0.2, 0) is 4.79 Å². The molecule has 0 heterocycles. The Bertz CT molecular complexity index is 905. The van der Waals surface area contributed by atoms with Gasteiger partial charge in [-0.25, -0.2) is 0 Å². The van der Waals surface area contributed by atoms with Gasteiger partial charge in [-0.05, 0) is 36.8 Å². The van der Waals surface area contributed by atoms with Gasteiger partial charge in [0.2, 0.25) is 0 Å². The van der Waals surface area contributed by atoms with Crippen molar-refractivity contribution in [1.29, 1.82) is 5.26 Å². The van der Waals surface area contributed by atoms with Crippen molar-refractivity contribution in [3.05, 3.63) is 64.2 Å². The molecule has 0 fully saturated rings. The number of carbonyl (C=O) groups excluding carboxylic acids is 1. The molecule has 1 amide bonds. The standard InChI is InChI=1S/C20H15ClN2O2/c1-3-10-25-19-7-5-4-6-15(19)11-16(13-22)20(24)23-18-12-17(21)9-8-14(18)2/h1,4-9,11-12H,10H2,2H3,(H,23,24)/b16-11+. The Hall–Kier alpha value is -3.21. The number of nitriles is 1. The molecule has 124 valence electrons. The van der Waals surface area contributed by atoms with Crippen LogP contribution in [0.15, 0.2) is 48.0 Å². The molecule has 0 atom stereocenters. The number of terminal acetylenes is 1. The second kappa shape index (κ2) is 8.59. The molecule has 25 heavy (non-hydrogen) atoms. The van der Waals surface area contributed by atoms with Crippen molar-refractivity contribution in [2.75, 3.05) is 11.9 Å². The Kier molecular flexibility index (Phi) is 6.23. The normalized spacial score (nSPS) is 10.5. The van der Waals surface area contributed by atoms with Crippen molar-refractivity contribution < 1.29 is 9.53 Å². The molecule has 0 saturated heterocycles. The van der Waals surface area contributed by atoms with Gasteiger partial charge in [-0.3, -0.25) is 4.79 Å². The highest BCUT2D eigenvalue weighted by molar-refractivity contribution is 6.31. The molecule has 2 rings (SSSR count). The van der Waals surface area contributed by atoms with Crippen molar-refractivity contribution >= 4 is 29.3 Å². The molecule has 1 N–H and O–H groups in total. The average Bonchev–Trinajstić information content (AvgIpc) is 2.61. The maximum absolute atomic E-state index is 12.4. The summed E-state index contributed by atoms with van der Waals surface area (Å²) in [7, 11) is 0. The second-order valence-corrected chi connectivity index (χ2v) is 5.55. The first-order valence-corrected chi connectivity index (χ1v) is 7.77. The minimum absolute atomic E-state index is 0.0591. The van der Waals surface area contributed by atoms with Gasteiger partial charge in [0, 0.05) is 16.3 Å². The first-order chi connectivity index (χ1) is 12.0. The Morgan fingerprint density at radius 3 is 2.84 bits per heavy atom. The number of hydrogen-bond acceptors (Lipinski definition) is 3. The van der Waals surface area contributed by atoms with E-state index in [9.17, 15) is 10.1 Å². The number of ether oxygens (including phenoxy) is 1. The summed E-state index contributed by atoms with van der Waals surface area (Å²) < 4.78 is 5.43. The number of rotatable bonds is 5. The summed E-state index contributed by atoms with van der Waals surface area (Å²) in [6.07, 6.45) is 6.66. The third kappa shape index (κ3) is 4.88. The molecule has 2 aromatic carbocycles. The smallest absolute Gasteiger partial charge is 0.266 e. The zero-order valence-electron chi connectivity index (χ0n) is 13.5. The predicted molar refractivity (Wildman–Crippen MR) is 99.2 cm³/mol. The molecule has 0 aliphatic heterocycles. The number of hydrogen-bond donors (Lipinski definition) is 1. The maximum atomic E-state index is 12.4. The Morgan fingerprint density at radius 2 is 2.12 bits per heavy atom. The number of nitrogens with one attached hydrogen (secondary N) is 1. The number of para-hydroxylation sites is 1. The molecule has 2 aromatic rings. The number of aryl methyl sites for hydroxylation is 1. The van der Waals surface area contributed by atoms with E-state index in [2.05, 4.69) is 11.2 Å². The summed E-state index contributed by atoms with van der Waals surface area (Å²) in [5, 5.41) is 12.5. The van der Waals surface area contributed by atoms with Crippen molar-refractivity contribution in [3.63, 3.8) is 0 Å². The van der Waals surface area contributed by atoms with Gasteiger partial charge < -0.3 is 10.1 Å². The largest absolute Gasteiger partial charge is 0.480 e. The lowest BCUT2D eigenvalue weighted by Crippen LogP contribution is -2.14. The molecular weight excluding hydrogens is 336 g/mol. The summed E-state index contributed by atoms with van der Waals surface area (Å²) in [4.78, 5) is 12.4. The minimum Gasteiger partial charge on any atom is -0.480 e. The Morgan fingerprint density at radius 1 is 1.36 bits per heavy atom. The van der Waals surface area contributed by atoms with Crippen LogP contribution in [0.5, 0.6) is 5.75 Å². The van der Waals surface area contributed by atoms with Gasteiger partial charge >= 0.3 is 0 Å². The molecule has 0 saturated carbocycles. The lowest BCUT2D eigenvalue weighted by molar-refractivity contribution is -0.112. The van der Waals surface area contributed by atoms with E-state index in [1.807, 2.05) is 13.0 Å². The number of benzene rings is 2. The molecular formula is C20H15ClN2O2. The topological polar surface area (TPSA) is 62.1 Å². The minimum atomic E-state index is -0.528. The van der Waals surface area contributed by atoms with Gasteiger partial charge in [-0.1, -0.05) is 41.8 Å². The highest BCUT2D eigenvalue weighted by Crippen LogP contribution is 2.23. The van der Waals surface area contributed by atoms with E-state index in [0.29, 0.717) is 22.0 Å². The van der Waals surface area contributed by atoms with Crippen LogP contribution in [0.2, 0.25) is 5.02 Å². The summed E-state index contributed by atoms with van der Waals surface area (Å²) in [6.45, 7) is 1.94. The van der Waals surface area contributed by atoms with E-state index in [-0.39, 0.29) is 12.2 Å². The highest BCUT2D eigenvalue weighted by Gasteiger charge is 2.12. The Labute approximate surface area is 151 Å². The van der Waals surface area contributed by atoms with Crippen molar-refractivity contribution in [1.82, 2.24) is 0 Å². The SMILES string of the molecule is C#CCOc1ccccc1/C=C(\C#N)C(=O)Nc1cc(Cl)ccc1C. The Balaban J connectivity index is 2.29. The highest BCUT2D eigenvalue weighted by atomic mass is 35.5. The predicted octanol–water partition coefficient (Wildman–Crippen LogP) is 4.21. The van der Waals surface area contributed by atoms with E-state index >= 15 is 0 Å². The monoisotopic (exact) mass is 350 g/mol. The summed E-state index contributed by atoms with van der Waals surface area (Å²) in [6, 6.07) is 14.1. The first-order valence-electron chi connectivity index (χ1n) is 7.39. The van der Waals surface area contributed by atoms with Crippen LogP contribution in [0.1, 0.15) is 11.1 Å². The van der Waals surface area contributed by atoms with Gasteiger partial charge in [0.25, 0.3) is 5.91 Å². The van der Waals surface area contributed by atoms with E-state index < -0.39 is 5.91 Å². The van der Waals surface area contributed by atoms with Gasteiger partial charge in [0.05, 0.1) is 0 Å². The zero-order chi connectivity index (χ0) is 18.2. The van der Waals surface area contributed by atoms with Gasteiger partial charge in [-0.2, -0.15) is 5.26 Å². The van der Waals surface area contributed by atoms with Crippen LogP contribution in [0.4, 0.5) is 5.69 Å². The average molecular weight is 351 g/mol. The lowest BCUT2D eigenvalue weighted by atomic mass is 10.1. The molecule has 4 nitrogen and oxygen atoms in total. The fourth-order valence-electron chi connectivity index (χ4n) is 2.07. The molecule has 0 aliphatic carbocycles. The molecule has 0 bridgehead atoms. The third-order valence-electron chi connectivity index (χ3n) is 3.34. The number of anilines is 1.